The van der Waals surface area contributed by atoms with Crippen molar-refractivity contribution in [3.63, 3.8) is 0 Å². The maximum absolute atomic E-state index is 14.6. The third-order valence-corrected chi connectivity index (χ3v) is 7.38. The van der Waals surface area contributed by atoms with Gasteiger partial charge < -0.3 is 19.3 Å². The van der Waals surface area contributed by atoms with Crippen LogP contribution in [0.15, 0.2) is 24.3 Å². The van der Waals surface area contributed by atoms with E-state index in [1.807, 2.05) is 19.1 Å². The minimum absolute atomic E-state index is 0.0517. The zero-order valence-corrected chi connectivity index (χ0v) is 19.8. The van der Waals surface area contributed by atoms with Gasteiger partial charge in [0.15, 0.2) is 11.6 Å². The zero-order valence-electron chi connectivity index (χ0n) is 19.8. The molecule has 8 nitrogen and oxygen atoms in total. The maximum Gasteiger partial charge on any atom is 0.338 e. The Morgan fingerprint density at radius 1 is 1.29 bits per heavy atom. The van der Waals surface area contributed by atoms with Crippen LogP contribution in [0.1, 0.15) is 50.4 Å². The Bertz CT molecular complexity index is 1200. The van der Waals surface area contributed by atoms with Crippen molar-refractivity contribution < 1.29 is 28.5 Å². The fourth-order valence-corrected chi connectivity index (χ4v) is 5.39. The van der Waals surface area contributed by atoms with Crippen LogP contribution in [-0.4, -0.2) is 73.4 Å². The van der Waals surface area contributed by atoms with Gasteiger partial charge in [-0.3, -0.25) is 9.80 Å². The summed E-state index contributed by atoms with van der Waals surface area (Å²) in [7, 11) is 1.40. The number of nitrogens with zero attached hydrogens (tertiary/aromatic N) is 3. The van der Waals surface area contributed by atoms with E-state index in [4.69, 9.17) is 19.5 Å². The van der Waals surface area contributed by atoms with Crippen molar-refractivity contribution in [1.29, 1.82) is 5.26 Å². The Hall–Kier alpha value is -3.03. The number of esters is 1. The average Bonchev–Trinajstić information content (AvgIpc) is 3.25. The molecule has 9 heteroatoms. The Balaban J connectivity index is 1.23. The molecule has 184 valence electrons. The summed E-state index contributed by atoms with van der Waals surface area (Å²) in [4.78, 5) is 16.4. The number of β-amino-alcohol motifs (C(OH)–C–C–N with tert-alkyl or cyclic N) is 1. The summed E-state index contributed by atoms with van der Waals surface area (Å²) in [5.41, 5.74) is 3.72. The molecule has 3 aliphatic heterocycles. The quantitative estimate of drug-likeness (QED) is 0.651. The number of nitriles is 1. The van der Waals surface area contributed by atoms with Gasteiger partial charge in [0.2, 0.25) is 0 Å². The molecule has 0 spiro atoms. The molecule has 0 amide bonds. The molecule has 3 atom stereocenters. The number of morpholine rings is 1. The van der Waals surface area contributed by atoms with Gasteiger partial charge >= 0.3 is 5.97 Å². The second kappa shape index (κ2) is 9.55. The van der Waals surface area contributed by atoms with E-state index >= 15 is 0 Å². The molecule has 1 N–H and O–H groups in total. The highest BCUT2D eigenvalue weighted by Gasteiger charge is 2.36. The molecule has 0 unspecified atom stereocenters. The standard InChI is InChI=1S/C26H28FN3O5/c1-15-18(5-6-19-21(15)14-35-26(19)32)22(31)11-29-7-8-30-12-23(34-13-17(30)10-29)20-4-3-16(9-28)24(27)25(20)33-2/h3-6,17,22-23,31H,7-8,10-14H2,1-2H3/t17-,22-,23+/m1/s1. The third kappa shape index (κ3) is 4.28. The number of benzene rings is 2. The average molecular weight is 482 g/mol. The van der Waals surface area contributed by atoms with Crippen molar-refractivity contribution in [2.75, 3.05) is 46.4 Å². The van der Waals surface area contributed by atoms with Gasteiger partial charge in [-0.2, -0.15) is 5.26 Å². The smallest absolute Gasteiger partial charge is 0.338 e. The predicted octanol–water partition coefficient (Wildman–Crippen LogP) is 2.48. The normalized spacial score (nSPS) is 23.2. The van der Waals surface area contributed by atoms with Crippen LogP contribution in [0.2, 0.25) is 0 Å². The first-order chi connectivity index (χ1) is 16.9. The lowest BCUT2D eigenvalue weighted by atomic mass is 9.95. The van der Waals surface area contributed by atoms with E-state index in [1.165, 1.54) is 13.2 Å². The number of rotatable bonds is 5. The maximum atomic E-state index is 14.6. The number of hydrogen-bond acceptors (Lipinski definition) is 8. The summed E-state index contributed by atoms with van der Waals surface area (Å²) in [5, 5.41) is 20.1. The number of aliphatic hydroxyl groups is 1. The molecular weight excluding hydrogens is 453 g/mol. The monoisotopic (exact) mass is 481 g/mol. The number of piperazine rings is 1. The first-order valence-electron chi connectivity index (χ1n) is 11.7. The van der Waals surface area contributed by atoms with Crippen molar-refractivity contribution in [1.82, 2.24) is 9.80 Å². The van der Waals surface area contributed by atoms with Crippen molar-refractivity contribution in [2.45, 2.75) is 31.8 Å². The molecule has 0 saturated carbocycles. The molecule has 5 rings (SSSR count). The van der Waals surface area contributed by atoms with Gasteiger partial charge in [-0.05, 0) is 30.2 Å². The van der Waals surface area contributed by atoms with Crippen molar-refractivity contribution in [3.8, 4) is 11.8 Å². The fraction of sp³-hybridized carbons (Fsp3) is 0.462. The van der Waals surface area contributed by atoms with E-state index in [1.54, 1.807) is 12.1 Å². The van der Waals surface area contributed by atoms with Gasteiger partial charge in [-0.25, -0.2) is 9.18 Å². The van der Waals surface area contributed by atoms with Crippen LogP contribution in [0.4, 0.5) is 4.39 Å². The van der Waals surface area contributed by atoms with E-state index in [0.717, 1.165) is 36.3 Å². The summed E-state index contributed by atoms with van der Waals surface area (Å²) in [6.07, 6.45) is -1.02. The summed E-state index contributed by atoms with van der Waals surface area (Å²) in [5.74, 6) is -0.905. The van der Waals surface area contributed by atoms with Gasteiger partial charge in [0.05, 0.1) is 37.1 Å². The second-order valence-electron chi connectivity index (χ2n) is 9.29. The summed E-state index contributed by atoms with van der Waals surface area (Å²) in [6.45, 7) is 6.06. The second-order valence-corrected chi connectivity index (χ2v) is 9.29. The van der Waals surface area contributed by atoms with Crippen molar-refractivity contribution >= 4 is 5.97 Å². The molecule has 0 bridgehead atoms. The fourth-order valence-electron chi connectivity index (χ4n) is 5.39. The van der Waals surface area contributed by atoms with E-state index in [2.05, 4.69) is 9.80 Å². The van der Waals surface area contributed by atoms with Gasteiger partial charge in [0.1, 0.15) is 12.7 Å². The highest BCUT2D eigenvalue weighted by molar-refractivity contribution is 5.93. The van der Waals surface area contributed by atoms with Gasteiger partial charge in [-0.1, -0.05) is 12.1 Å². The van der Waals surface area contributed by atoms with Crippen LogP contribution >= 0.6 is 0 Å². The Morgan fingerprint density at radius 2 is 2.11 bits per heavy atom. The molecule has 3 aliphatic rings. The topological polar surface area (TPSA) is 95.3 Å². The lowest BCUT2D eigenvalue weighted by molar-refractivity contribution is -0.0943. The van der Waals surface area contributed by atoms with Crippen LogP contribution in [0, 0.1) is 24.1 Å². The van der Waals surface area contributed by atoms with Gasteiger partial charge in [-0.15, -0.1) is 0 Å². The first kappa shape index (κ1) is 23.7. The van der Waals surface area contributed by atoms with E-state index in [-0.39, 0.29) is 36.0 Å². The number of carbonyl (C=O) groups is 1. The van der Waals surface area contributed by atoms with Crippen LogP contribution in [-0.2, 0) is 16.1 Å². The Morgan fingerprint density at radius 3 is 2.89 bits per heavy atom. The van der Waals surface area contributed by atoms with Crippen LogP contribution in [0.5, 0.6) is 5.75 Å². The molecule has 2 aromatic carbocycles. The largest absolute Gasteiger partial charge is 0.493 e. The van der Waals surface area contributed by atoms with E-state index < -0.39 is 11.9 Å². The van der Waals surface area contributed by atoms with E-state index in [9.17, 15) is 14.3 Å². The number of carbonyl (C=O) groups excluding carboxylic acids is 1. The molecule has 0 aromatic heterocycles. The molecule has 2 saturated heterocycles. The van der Waals surface area contributed by atoms with Crippen molar-refractivity contribution in [3.05, 3.63) is 63.5 Å². The Labute approximate surface area is 203 Å². The molecule has 0 aliphatic carbocycles. The molecular formula is C26H28FN3O5. The minimum Gasteiger partial charge on any atom is -0.493 e. The van der Waals surface area contributed by atoms with Crippen LogP contribution in [0.3, 0.4) is 0 Å². The van der Waals surface area contributed by atoms with Crippen molar-refractivity contribution in [2.24, 2.45) is 0 Å². The highest BCUT2D eigenvalue weighted by atomic mass is 19.1. The zero-order chi connectivity index (χ0) is 24.7. The third-order valence-electron chi connectivity index (χ3n) is 7.38. The van der Waals surface area contributed by atoms with Crippen LogP contribution < -0.4 is 4.74 Å². The number of ether oxygens (including phenoxy) is 3. The summed E-state index contributed by atoms with van der Waals surface area (Å²) in [6, 6.07) is 8.73. The summed E-state index contributed by atoms with van der Waals surface area (Å²) >= 11 is 0. The van der Waals surface area contributed by atoms with E-state index in [0.29, 0.717) is 30.8 Å². The van der Waals surface area contributed by atoms with Gasteiger partial charge in [0.25, 0.3) is 0 Å². The number of fused-ring (bicyclic) bond motifs is 2. The SMILES string of the molecule is COc1c([C@@H]2CN3CCN(C[C@@H](O)c4ccc5c(c4C)COC5=O)C[C@@H]3CO2)ccc(C#N)c1F. The molecule has 0 radical (unpaired) electrons. The predicted molar refractivity (Wildman–Crippen MR) is 123 cm³/mol. The number of aliphatic hydroxyl groups excluding tert-OH is 1. The number of hydrogen-bond donors (Lipinski definition) is 1. The molecule has 35 heavy (non-hydrogen) atoms. The molecule has 3 heterocycles. The summed E-state index contributed by atoms with van der Waals surface area (Å²) < 4.78 is 31.1. The molecule has 2 fully saturated rings. The van der Waals surface area contributed by atoms with Crippen LogP contribution in [0.25, 0.3) is 0 Å². The lowest BCUT2D eigenvalue weighted by Crippen LogP contribution is -2.58. The number of methoxy groups -OCH3 is 1. The number of cyclic esters (lactones) is 1. The molecule has 2 aromatic rings. The number of halogens is 1. The van der Waals surface area contributed by atoms with Gasteiger partial charge in [0, 0.05) is 49.9 Å². The first-order valence-corrected chi connectivity index (χ1v) is 11.7. The lowest BCUT2D eigenvalue weighted by Gasteiger charge is -2.46. The minimum atomic E-state index is -0.675. The highest BCUT2D eigenvalue weighted by Crippen LogP contribution is 2.36. The Kier molecular flexibility index (Phi) is 6.47.